The van der Waals surface area contributed by atoms with Gasteiger partial charge in [0.15, 0.2) is 9.84 Å². The molecule has 0 spiro atoms. The van der Waals surface area contributed by atoms with E-state index in [1.165, 1.54) is 6.07 Å². The zero-order valence-corrected chi connectivity index (χ0v) is 16.7. The van der Waals surface area contributed by atoms with Crippen molar-refractivity contribution in [1.82, 2.24) is 10.6 Å². The minimum absolute atomic E-state index is 0.0549. The second-order valence-electron chi connectivity index (χ2n) is 6.55. The second kappa shape index (κ2) is 8.45. The Morgan fingerprint density at radius 2 is 1.92 bits per heavy atom. The molecule has 144 valence electrons. The lowest BCUT2D eigenvalue weighted by Crippen LogP contribution is -2.52. The summed E-state index contributed by atoms with van der Waals surface area (Å²) in [5.41, 5.74) is 0.346. The molecule has 26 heavy (non-hydrogen) atoms. The number of hydrogen-bond acceptors (Lipinski definition) is 4. The van der Waals surface area contributed by atoms with Crippen molar-refractivity contribution >= 4 is 50.7 Å². The fourth-order valence-electron chi connectivity index (χ4n) is 2.62. The van der Waals surface area contributed by atoms with Crippen molar-refractivity contribution in [3.05, 3.63) is 28.2 Å². The van der Waals surface area contributed by atoms with Gasteiger partial charge in [-0.2, -0.15) is 0 Å². The number of halogens is 2. The van der Waals surface area contributed by atoms with E-state index < -0.39 is 33.9 Å². The first-order valence-electron chi connectivity index (χ1n) is 8.11. The Kier molecular flexibility index (Phi) is 6.76. The van der Waals surface area contributed by atoms with E-state index in [1.807, 2.05) is 0 Å². The molecule has 3 amide bonds. The van der Waals surface area contributed by atoms with Crippen LogP contribution in [0.3, 0.4) is 0 Å². The average Bonchev–Trinajstić information content (AvgIpc) is 2.86. The maximum Gasteiger partial charge on any atom is 0.315 e. The van der Waals surface area contributed by atoms with Gasteiger partial charge in [0, 0.05) is 11.1 Å². The largest absolute Gasteiger partial charge is 0.334 e. The molecule has 0 aliphatic carbocycles. The number of carbonyl (C=O) groups excluding carboxylic acids is 2. The molecule has 1 aliphatic rings. The minimum atomic E-state index is -3.10. The van der Waals surface area contributed by atoms with Gasteiger partial charge in [0.2, 0.25) is 5.91 Å². The first-order chi connectivity index (χ1) is 12.1. The van der Waals surface area contributed by atoms with Gasteiger partial charge in [-0.15, -0.1) is 0 Å². The summed E-state index contributed by atoms with van der Waals surface area (Å²) in [6.45, 7) is 3.56. The molecular formula is C16H21Cl2N3O4S. The normalized spacial score (nSPS) is 19.8. The highest BCUT2D eigenvalue weighted by atomic mass is 35.5. The fourth-order valence-corrected chi connectivity index (χ4v) is 4.63. The lowest BCUT2D eigenvalue weighted by molar-refractivity contribution is -0.118. The number of hydrogen-bond donors (Lipinski definition) is 3. The molecule has 1 unspecified atom stereocenters. The molecule has 0 radical (unpaired) electrons. The topological polar surface area (TPSA) is 104 Å². The van der Waals surface area contributed by atoms with E-state index in [1.54, 1.807) is 26.0 Å². The van der Waals surface area contributed by atoms with Crippen molar-refractivity contribution in [2.24, 2.45) is 5.92 Å². The van der Waals surface area contributed by atoms with Gasteiger partial charge in [0.25, 0.3) is 0 Å². The van der Waals surface area contributed by atoms with Gasteiger partial charge < -0.3 is 16.0 Å². The monoisotopic (exact) mass is 421 g/mol. The summed E-state index contributed by atoms with van der Waals surface area (Å²) in [6.07, 6.45) is 0.367. The molecular weight excluding hydrogens is 401 g/mol. The van der Waals surface area contributed by atoms with Crippen LogP contribution in [0.15, 0.2) is 18.2 Å². The van der Waals surface area contributed by atoms with Crippen LogP contribution in [0.5, 0.6) is 0 Å². The van der Waals surface area contributed by atoms with Crippen molar-refractivity contribution < 1.29 is 18.0 Å². The Morgan fingerprint density at radius 3 is 2.50 bits per heavy atom. The minimum Gasteiger partial charge on any atom is -0.334 e. The number of nitrogens with one attached hydrogen (secondary N) is 3. The zero-order valence-electron chi connectivity index (χ0n) is 14.4. The SMILES string of the molecule is CC(C)[C@H](NC(=O)NC1CCS(=O)(=O)C1)C(=O)Nc1cc(Cl)ccc1Cl. The lowest BCUT2D eigenvalue weighted by Gasteiger charge is -2.23. The van der Waals surface area contributed by atoms with Crippen LogP contribution in [0.1, 0.15) is 20.3 Å². The van der Waals surface area contributed by atoms with Gasteiger partial charge in [-0.05, 0) is 30.5 Å². The standard InChI is InChI=1S/C16H21Cl2N3O4S/c1-9(2)14(15(22)20-13-7-10(17)3-4-12(13)18)21-16(23)19-11-5-6-26(24,25)8-11/h3-4,7,9,11,14H,5-6,8H2,1-2H3,(H,20,22)(H2,19,21,23)/t11?,14-/m0/s1. The van der Waals surface area contributed by atoms with Gasteiger partial charge >= 0.3 is 6.03 Å². The van der Waals surface area contributed by atoms with E-state index in [0.29, 0.717) is 22.2 Å². The summed E-state index contributed by atoms with van der Waals surface area (Å²) in [5.74, 6) is -0.680. The van der Waals surface area contributed by atoms with Crippen LogP contribution < -0.4 is 16.0 Å². The number of benzene rings is 1. The average molecular weight is 422 g/mol. The number of anilines is 1. The van der Waals surface area contributed by atoms with Crippen LogP contribution in [0.25, 0.3) is 0 Å². The molecule has 1 aromatic carbocycles. The summed E-state index contributed by atoms with van der Waals surface area (Å²) >= 11 is 11.9. The van der Waals surface area contributed by atoms with Gasteiger partial charge in [0.1, 0.15) is 6.04 Å². The molecule has 2 atom stereocenters. The van der Waals surface area contributed by atoms with Crippen LogP contribution in [-0.2, 0) is 14.6 Å². The smallest absolute Gasteiger partial charge is 0.315 e. The van der Waals surface area contributed by atoms with E-state index in [-0.39, 0.29) is 17.4 Å². The molecule has 0 aromatic heterocycles. The Balaban J connectivity index is 2.00. The number of carbonyl (C=O) groups is 2. The van der Waals surface area contributed by atoms with E-state index in [0.717, 1.165) is 0 Å². The summed E-state index contributed by atoms with van der Waals surface area (Å²) < 4.78 is 22.9. The predicted molar refractivity (Wildman–Crippen MR) is 102 cm³/mol. The molecule has 1 heterocycles. The number of sulfone groups is 1. The summed E-state index contributed by atoms with van der Waals surface area (Å²) in [6, 6.07) is 2.81. The molecule has 0 bridgehead atoms. The van der Waals surface area contributed by atoms with Gasteiger partial charge in [-0.3, -0.25) is 4.79 Å². The van der Waals surface area contributed by atoms with Crippen LogP contribution in [0.4, 0.5) is 10.5 Å². The molecule has 1 saturated heterocycles. The van der Waals surface area contributed by atoms with Gasteiger partial charge in [0.05, 0.1) is 22.2 Å². The molecule has 7 nitrogen and oxygen atoms in total. The quantitative estimate of drug-likeness (QED) is 0.678. The van der Waals surface area contributed by atoms with E-state index in [9.17, 15) is 18.0 Å². The van der Waals surface area contributed by atoms with Crippen molar-refractivity contribution in [1.29, 1.82) is 0 Å². The zero-order chi connectivity index (χ0) is 19.5. The summed E-state index contributed by atoms with van der Waals surface area (Å²) in [7, 11) is -3.10. The fraction of sp³-hybridized carbons (Fsp3) is 0.500. The van der Waals surface area contributed by atoms with E-state index >= 15 is 0 Å². The summed E-state index contributed by atoms with van der Waals surface area (Å²) in [4.78, 5) is 24.7. The molecule has 1 aromatic rings. The molecule has 3 N–H and O–H groups in total. The third kappa shape index (κ3) is 5.75. The molecule has 0 saturated carbocycles. The van der Waals surface area contributed by atoms with Crippen molar-refractivity contribution in [3.63, 3.8) is 0 Å². The summed E-state index contributed by atoms with van der Waals surface area (Å²) in [5, 5.41) is 8.59. The Bertz CT molecular complexity index is 799. The predicted octanol–water partition coefficient (Wildman–Crippen LogP) is 2.44. The lowest BCUT2D eigenvalue weighted by atomic mass is 10.0. The van der Waals surface area contributed by atoms with Gasteiger partial charge in [-0.1, -0.05) is 37.0 Å². The molecule has 2 rings (SSSR count). The highest BCUT2D eigenvalue weighted by Crippen LogP contribution is 2.25. The van der Waals surface area contributed by atoms with Crippen LogP contribution in [-0.4, -0.2) is 43.9 Å². The third-order valence-corrected chi connectivity index (χ3v) is 6.32. The highest BCUT2D eigenvalue weighted by molar-refractivity contribution is 7.91. The maximum atomic E-state index is 12.5. The Labute approximate surface area is 162 Å². The third-order valence-electron chi connectivity index (χ3n) is 3.99. The molecule has 1 fully saturated rings. The van der Waals surface area contributed by atoms with Crippen LogP contribution in [0.2, 0.25) is 10.0 Å². The first-order valence-corrected chi connectivity index (χ1v) is 10.7. The highest BCUT2D eigenvalue weighted by Gasteiger charge is 2.31. The van der Waals surface area contributed by atoms with Gasteiger partial charge in [-0.25, -0.2) is 13.2 Å². The number of amides is 3. The van der Waals surface area contributed by atoms with Crippen molar-refractivity contribution in [2.75, 3.05) is 16.8 Å². The number of rotatable bonds is 5. The Hall–Kier alpha value is -1.51. The van der Waals surface area contributed by atoms with Crippen LogP contribution in [0, 0.1) is 5.92 Å². The van der Waals surface area contributed by atoms with E-state index in [2.05, 4.69) is 16.0 Å². The first kappa shape index (κ1) is 20.8. The van der Waals surface area contributed by atoms with Crippen molar-refractivity contribution in [2.45, 2.75) is 32.4 Å². The Morgan fingerprint density at radius 1 is 1.23 bits per heavy atom. The van der Waals surface area contributed by atoms with Crippen molar-refractivity contribution in [3.8, 4) is 0 Å². The maximum absolute atomic E-state index is 12.5. The molecule has 10 heteroatoms. The second-order valence-corrected chi connectivity index (χ2v) is 9.63. The van der Waals surface area contributed by atoms with Crippen LogP contribution >= 0.6 is 23.2 Å². The van der Waals surface area contributed by atoms with E-state index in [4.69, 9.17) is 23.2 Å². The number of urea groups is 1. The molecule has 1 aliphatic heterocycles.